The summed E-state index contributed by atoms with van der Waals surface area (Å²) in [6.07, 6.45) is 0.190. The highest BCUT2D eigenvalue weighted by Crippen LogP contribution is 2.23. The first kappa shape index (κ1) is 14.7. The fourth-order valence-electron chi connectivity index (χ4n) is 1.35. The van der Waals surface area contributed by atoms with Gasteiger partial charge in [-0.15, -0.1) is 0 Å². The van der Waals surface area contributed by atoms with Crippen molar-refractivity contribution in [3.05, 3.63) is 32.7 Å². The first-order chi connectivity index (χ1) is 7.91. The van der Waals surface area contributed by atoms with Gasteiger partial charge in [-0.3, -0.25) is 4.79 Å². The van der Waals surface area contributed by atoms with E-state index in [0.29, 0.717) is 18.5 Å². The highest BCUT2D eigenvalue weighted by Gasteiger charge is 2.15. The summed E-state index contributed by atoms with van der Waals surface area (Å²) in [5.74, 6) is -0.0509. The molecule has 1 N–H and O–H groups in total. The monoisotopic (exact) mass is 363 g/mol. The molecule has 0 fully saturated rings. The summed E-state index contributed by atoms with van der Waals surface area (Å²) in [4.78, 5) is 13.7. The summed E-state index contributed by atoms with van der Waals surface area (Å²) in [5.41, 5.74) is 0.626. The van der Waals surface area contributed by atoms with Gasteiger partial charge in [-0.1, -0.05) is 15.9 Å². The number of amides is 1. The molecule has 1 aromatic carbocycles. The molecule has 17 heavy (non-hydrogen) atoms. The Kier molecular flexibility index (Phi) is 5.62. The summed E-state index contributed by atoms with van der Waals surface area (Å²) >= 11 is 6.71. The van der Waals surface area contributed by atoms with Crippen molar-refractivity contribution in [2.24, 2.45) is 0 Å². The molecule has 0 aliphatic heterocycles. The van der Waals surface area contributed by atoms with Crippen LogP contribution < -0.4 is 0 Å². The van der Waals surface area contributed by atoms with Gasteiger partial charge < -0.3 is 10.0 Å². The number of carbonyl (C=O) groups is 1. The fourth-order valence-corrected chi connectivity index (χ4v) is 2.57. The van der Waals surface area contributed by atoms with Crippen molar-refractivity contribution in [1.82, 2.24) is 4.90 Å². The zero-order valence-electron chi connectivity index (χ0n) is 9.78. The van der Waals surface area contributed by atoms with Crippen LogP contribution >= 0.6 is 31.9 Å². The molecule has 1 aromatic rings. The summed E-state index contributed by atoms with van der Waals surface area (Å²) in [6.45, 7) is 2.26. The Bertz CT molecular complexity index is 407. The summed E-state index contributed by atoms with van der Waals surface area (Å²) < 4.78 is 1.69. The molecule has 0 aliphatic carbocycles. The van der Waals surface area contributed by atoms with Crippen LogP contribution in [-0.2, 0) is 0 Å². The van der Waals surface area contributed by atoms with Crippen molar-refractivity contribution < 1.29 is 9.90 Å². The van der Waals surface area contributed by atoms with Crippen LogP contribution in [0.5, 0.6) is 0 Å². The van der Waals surface area contributed by atoms with Crippen molar-refractivity contribution in [3.63, 3.8) is 0 Å². The molecular formula is C12H15Br2NO2. The third-order valence-electron chi connectivity index (χ3n) is 2.39. The lowest BCUT2D eigenvalue weighted by Crippen LogP contribution is -2.29. The second-order valence-corrected chi connectivity index (χ2v) is 5.76. The molecule has 0 bridgehead atoms. The van der Waals surface area contributed by atoms with Crippen molar-refractivity contribution in [3.8, 4) is 0 Å². The molecule has 0 spiro atoms. The van der Waals surface area contributed by atoms with Crippen LogP contribution in [0.4, 0.5) is 0 Å². The van der Waals surface area contributed by atoms with Gasteiger partial charge in [-0.2, -0.15) is 0 Å². The maximum Gasteiger partial charge on any atom is 0.254 e. The average molecular weight is 365 g/mol. The van der Waals surface area contributed by atoms with Crippen molar-refractivity contribution in [2.75, 3.05) is 13.6 Å². The zero-order valence-corrected chi connectivity index (χ0v) is 13.0. The van der Waals surface area contributed by atoms with Gasteiger partial charge in [0, 0.05) is 22.5 Å². The topological polar surface area (TPSA) is 40.5 Å². The third-order valence-corrected chi connectivity index (χ3v) is 3.54. The minimum atomic E-state index is -0.390. The minimum Gasteiger partial charge on any atom is -0.393 e. The molecule has 0 aromatic heterocycles. The first-order valence-corrected chi connectivity index (χ1v) is 6.89. The highest BCUT2D eigenvalue weighted by atomic mass is 79.9. The molecule has 0 radical (unpaired) electrons. The summed E-state index contributed by atoms with van der Waals surface area (Å²) in [6, 6.07) is 5.45. The summed E-state index contributed by atoms with van der Waals surface area (Å²) in [7, 11) is 1.74. The Morgan fingerprint density at radius 1 is 1.47 bits per heavy atom. The minimum absolute atomic E-state index is 0.0509. The molecule has 1 rings (SSSR count). The Hall–Kier alpha value is -0.390. The van der Waals surface area contributed by atoms with E-state index in [9.17, 15) is 9.90 Å². The van der Waals surface area contributed by atoms with E-state index in [0.717, 1.165) is 8.95 Å². The average Bonchev–Trinajstić information content (AvgIpc) is 2.25. The molecule has 94 valence electrons. The number of carbonyl (C=O) groups excluding carboxylic acids is 1. The number of nitrogens with zero attached hydrogens (tertiary/aromatic N) is 1. The second-order valence-electron chi connectivity index (χ2n) is 3.99. The van der Waals surface area contributed by atoms with Gasteiger partial charge in [0.05, 0.1) is 11.7 Å². The van der Waals surface area contributed by atoms with E-state index in [1.165, 1.54) is 0 Å². The number of benzene rings is 1. The highest BCUT2D eigenvalue weighted by molar-refractivity contribution is 9.11. The molecule has 1 amide bonds. The molecular weight excluding hydrogens is 350 g/mol. The van der Waals surface area contributed by atoms with Gasteiger partial charge in [-0.05, 0) is 47.5 Å². The molecule has 0 saturated heterocycles. The Balaban J connectivity index is 2.75. The van der Waals surface area contributed by atoms with Gasteiger partial charge in [0.1, 0.15) is 0 Å². The van der Waals surface area contributed by atoms with E-state index >= 15 is 0 Å². The maximum atomic E-state index is 12.1. The van der Waals surface area contributed by atoms with Crippen LogP contribution in [0.1, 0.15) is 23.7 Å². The van der Waals surface area contributed by atoms with E-state index in [1.807, 2.05) is 12.1 Å². The first-order valence-electron chi connectivity index (χ1n) is 5.30. The lowest BCUT2D eigenvalue weighted by molar-refractivity contribution is 0.0768. The molecule has 0 heterocycles. The smallest absolute Gasteiger partial charge is 0.254 e. The lowest BCUT2D eigenvalue weighted by atomic mass is 10.2. The maximum absolute atomic E-state index is 12.1. The largest absolute Gasteiger partial charge is 0.393 e. The second kappa shape index (κ2) is 6.52. The third kappa shape index (κ3) is 4.41. The Labute approximate surface area is 118 Å². The number of aliphatic hydroxyl groups excluding tert-OH is 1. The molecule has 5 heteroatoms. The molecule has 1 unspecified atom stereocenters. The Morgan fingerprint density at radius 2 is 2.12 bits per heavy atom. The number of aliphatic hydroxyl groups is 1. The van der Waals surface area contributed by atoms with Gasteiger partial charge >= 0.3 is 0 Å². The lowest BCUT2D eigenvalue weighted by Gasteiger charge is -2.18. The van der Waals surface area contributed by atoms with Gasteiger partial charge in [-0.25, -0.2) is 0 Å². The fraction of sp³-hybridized carbons (Fsp3) is 0.417. The normalized spacial score (nSPS) is 12.3. The van der Waals surface area contributed by atoms with Crippen LogP contribution in [0, 0.1) is 0 Å². The van der Waals surface area contributed by atoms with E-state index in [2.05, 4.69) is 31.9 Å². The quantitative estimate of drug-likeness (QED) is 0.891. The van der Waals surface area contributed by atoms with Crippen LogP contribution in [-0.4, -0.2) is 35.6 Å². The van der Waals surface area contributed by atoms with E-state index in [-0.39, 0.29) is 5.91 Å². The van der Waals surface area contributed by atoms with Crippen molar-refractivity contribution in [1.29, 1.82) is 0 Å². The molecule has 0 aliphatic rings. The van der Waals surface area contributed by atoms with Crippen LogP contribution in [0.25, 0.3) is 0 Å². The molecule has 0 saturated carbocycles. The van der Waals surface area contributed by atoms with Gasteiger partial charge in [0.15, 0.2) is 0 Å². The van der Waals surface area contributed by atoms with Gasteiger partial charge in [0.2, 0.25) is 0 Å². The standard InChI is InChI=1S/C12H15Br2NO2/c1-8(16)5-6-15(2)12(17)10-4-3-9(13)7-11(10)14/h3-4,7-8,16H,5-6H2,1-2H3. The van der Waals surface area contributed by atoms with Crippen molar-refractivity contribution >= 4 is 37.8 Å². The van der Waals surface area contributed by atoms with Crippen molar-refractivity contribution in [2.45, 2.75) is 19.4 Å². The number of hydrogen-bond donors (Lipinski definition) is 1. The van der Waals surface area contributed by atoms with Crippen LogP contribution in [0.2, 0.25) is 0 Å². The Morgan fingerprint density at radius 3 is 2.65 bits per heavy atom. The SMILES string of the molecule is CC(O)CCN(C)C(=O)c1ccc(Br)cc1Br. The summed E-state index contributed by atoms with van der Waals surface area (Å²) in [5, 5.41) is 9.19. The predicted molar refractivity (Wildman–Crippen MR) is 75.1 cm³/mol. The number of rotatable bonds is 4. The molecule has 3 nitrogen and oxygen atoms in total. The van der Waals surface area contributed by atoms with E-state index in [1.54, 1.807) is 24.9 Å². The van der Waals surface area contributed by atoms with Gasteiger partial charge in [0.25, 0.3) is 5.91 Å². The number of halogens is 2. The number of hydrogen-bond acceptors (Lipinski definition) is 2. The van der Waals surface area contributed by atoms with E-state index in [4.69, 9.17) is 0 Å². The van der Waals surface area contributed by atoms with Crippen LogP contribution in [0.15, 0.2) is 27.1 Å². The zero-order chi connectivity index (χ0) is 13.0. The van der Waals surface area contributed by atoms with Crippen LogP contribution in [0.3, 0.4) is 0 Å². The predicted octanol–water partition coefficient (Wildman–Crippen LogP) is 3.05. The van der Waals surface area contributed by atoms with E-state index < -0.39 is 6.10 Å². The molecule has 1 atom stereocenters.